The molecule has 0 aliphatic heterocycles. The Morgan fingerprint density at radius 1 is 1.35 bits per heavy atom. The van der Waals surface area contributed by atoms with Crippen LogP contribution in [0.2, 0.25) is 0 Å². The summed E-state index contributed by atoms with van der Waals surface area (Å²) in [5.74, 6) is 1.49. The molecule has 0 fully saturated rings. The molecule has 1 aromatic carbocycles. The Bertz CT molecular complexity index is 363. The second kappa shape index (κ2) is 7.28. The van der Waals surface area contributed by atoms with Gasteiger partial charge in [0.25, 0.3) is 0 Å². The van der Waals surface area contributed by atoms with E-state index in [1.54, 1.807) is 0 Å². The Morgan fingerprint density at radius 2 is 2.12 bits per heavy atom. The van der Waals surface area contributed by atoms with Crippen molar-refractivity contribution in [3.63, 3.8) is 0 Å². The van der Waals surface area contributed by atoms with Gasteiger partial charge >= 0.3 is 0 Å². The molecule has 0 saturated carbocycles. The van der Waals surface area contributed by atoms with Gasteiger partial charge in [0.15, 0.2) is 0 Å². The number of hydrogen-bond acceptors (Lipinski definition) is 2. The van der Waals surface area contributed by atoms with Crippen molar-refractivity contribution in [2.24, 2.45) is 5.73 Å². The van der Waals surface area contributed by atoms with Crippen LogP contribution >= 0.6 is 12.2 Å². The van der Waals surface area contributed by atoms with Crippen LogP contribution in [0.25, 0.3) is 0 Å². The molecular weight excluding hydrogens is 230 g/mol. The average molecular weight is 251 g/mol. The number of thiocarbonyl (C=S) groups is 1. The second-order valence-corrected chi connectivity index (χ2v) is 5.02. The molecule has 0 aromatic heterocycles. The minimum absolute atomic E-state index is 0.535. The van der Waals surface area contributed by atoms with Gasteiger partial charge in [0, 0.05) is 0 Å². The van der Waals surface area contributed by atoms with Crippen molar-refractivity contribution in [1.82, 2.24) is 0 Å². The molecule has 0 aliphatic carbocycles. The molecule has 0 aliphatic rings. The number of benzene rings is 1. The zero-order chi connectivity index (χ0) is 12.7. The standard InChI is InChI=1S/C14H21NOS/c1-11(2)12-6-5-7-13(10-12)16-9-4-3-8-14(15)17/h5-7,10-11H,3-4,8-9H2,1-2H3,(H2,15,17). The molecule has 0 bridgehead atoms. The molecule has 1 aromatic rings. The summed E-state index contributed by atoms with van der Waals surface area (Å²) in [5, 5.41) is 0. The highest BCUT2D eigenvalue weighted by Gasteiger charge is 2.00. The van der Waals surface area contributed by atoms with Gasteiger partial charge in [-0.3, -0.25) is 0 Å². The number of nitrogens with two attached hydrogens (primary N) is 1. The molecule has 1 rings (SSSR count). The van der Waals surface area contributed by atoms with Gasteiger partial charge in [0.2, 0.25) is 0 Å². The van der Waals surface area contributed by atoms with Crippen molar-refractivity contribution in [3.05, 3.63) is 29.8 Å². The highest BCUT2D eigenvalue weighted by Crippen LogP contribution is 2.20. The number of hydrogen-bond donors (Lipinski definition) is 1. The van der Waals surface area contributed by atoms with E-state index in [0.717, 1.165) is 31.6 Å². The zero-order valence-electron chi connectivity index (χ0n) is 10.6. The van der Waals surface area contributed by atoms with Crippen LogP contribution in [0.5, 0.6) is 5.75 Å². The van der Waals surface area contributed by atoms with Gasteiger partial charge < -0.3 is 10.5 Å². The minimum atomic E-state index is 0.535. The monoisotopic (exact) mass is 251 g/mol. The fourth-order valence-corrected chi connectivity index (χ4v) is 1.70. The molecule has 17 heavy (non-hydrogen) atoms. The smallest absolute Gasteiger partial charge is 0.119 e. The maximum atomic E-state index is 5.69. The molecule has 94 valence electrons. The van der Waals surface area contributed by atoms with E-state index in [1.807, 2.05) is 12.1 Å². The summed E-state index contributed by atoms with van der Waals surface area (Å²) in [4.78, 5) is 0.590. The van der Waals surface area contributed by atoms with Gasteiger partial charge in [-0.15, -0.1) is 0 Å². The summed E-state index contributed by atoms with van der Waals surface area (Å²) in [6, 6.07) is 8.28. The lowest BCUT2D eigenvalue weighted by atomic mass is 10.0. The molecule has 2 nitrogen and oxygen atoms in total. The van der Waals surface area contributed by atoms with E-state index in [2.05, 4.69) is 26.0 Å². The molecule has 0 amide bonds. The van der Waals surface area contributed by atoms with Crippen LogP contribution in [0.3, 0.4) is 0 Å². The third kappa shape index (κ3) is 5.68. The molecule has 0 atom stereocenters. The third-order valence-corrected chi connectivity index (χ3v) is 2.82. The van der Waals surface area contributed by atoms with Crippen molar-refractivity contribution in [1.29, 1.82) is 0 Å². The lowest BCUT2D eigenvalue weighted by molar-refractivity contribution is 0.307. The number of rotatable bonds is 7. The first-order valence-electron chi connectivity index (χ1n) is 6.10. The van der Waals surface area contributed by atoms with Gasteiger partial charge in [0.1, 0.15) is 5.75 Å². The van der Waals surface area contributed by atoms with Crippen LogP contribution in [0.1, 0.15) is 44.6 Å². The maximum Gasteiger partial charge on any atom is 0.119 e. The van der Waals surface area contributed by atoms with Crippen molar-refractivity contribution in [3.8, 4) is 5.75 Å². The molecule has 0 unspecified atom stereocenters. The topological polar surface area (TPSA) is 35.2 Å². The predicted octanol–water partition coefficient (Wildman–Crippen LogP) is 3.65. The van der Waals surface area contributed by atoms with Gasteiger partial charge in [-0.05, 0) is 42.9 Å². The fourth-order valence-electron chi connectivity index (χ4n) is 1.55. The molecule has 3 heteroatoms. The van der Waals surface area contributed by atoms with Gasteiger partial charge in [-0.2, -0.15) is 0 Å². The van der Waals surface area contributed by atoms with E-state index in [4.69, 9.17) is 22.7 Å². The van der Waals surface area contributed by atoms with E-state index in [9.17, 15) is 0 Å². The molecule has 2 N–H and O–H groups in total. The third-order valence-electron chi connectivity index (χ3n) is 2.61. The predicted molar refractivity (Wildman–Crippen MR) is 76.7 cm³/mol. The first kappa shape index (κ1) is 14.0. The molecule has 0 spiro atoms. The SMILES string of the molecule is CC(C)c1cccc(OCCCCC(N)=S)c1. The Hall–Kier alpha value is -1.09. The van der Waals surface area contributed by atoms with Gasteiger partial charge in [-0.1, -0.05) is 38.2 Å². The van der Waals surface area contributed by atoms with Crippen LogP contribution in [-0.4, -0.2) is 11.6 Å². The van der Waals surface area contributed by atoms with Crippen LogP contribution in [0, 0.1) is 0 Å². The first-order chi connectivity index (χ1) is 8.09. The van der Waals surface area contributed by atoms with Crippen molar-refractivity contribution >= 4 is 17.2 Å². The van der Waals surface area contributed by atoms with E-state index in [1.165, 1.54) is 5.56 Å². The minimum Gasteiger partial charge on any atom is -0.494 e. The molecule has 0 radical (unpaired) electrons. The zero-order valence-corrected chi connectivity index (χ0v) is 11.4. The molecular formula is C14H21NOS. The van der Waals surface area contributed by atoms with E-state index in [-0.39, 0.29) is 0 Å². The van der Waals surface area contributed by atoms with Crippen molar-refractivity contribution in [2.45, 2.75) is 39.0 Å². The highest BCUT2D eigenvalue weighted by molar-refractivity contribution is 7.80. The number of unbranched alkanes of at least 4 members (excludes halogenated alkanes) is 1. The second-order valence-electron chi connectivity index (χ2n) is 4.50. The molecule has 0 heterocycles. The van der Waals surface area contributed by atoms with Crippen LogP contribution in [0.4, 0.5) is 0 Å². The largest absolute Gasteiger partial charge is 0.494 e. The molecule has 0 saturated heterocycles. The first-order valence-corrected chi connectivity index (χ1v) is 6.51. The number of ether oxygens (including phenoxy) is 1. The van der Waals surface area contributed by atoms with Gasteiger partial charge in [-0.25, -0.2) is 0 Å². The quantitative estimate of drug-likeness (QED) is 0.593. The van der Waals surface area contributed by atoms with E-state index in [0.29, 0.717) is 10.9 Å². The summed E-state index contributed by atoms with van der Waals surface area (Å²) in [6.45, 7) is 5.09. The Labute approximate surface area is 109 Å². The maximum absolute atomic E-state index is 5.69. The summed E-state index contributed by atoms with van der Waals surface area (Å²) in [6.07, 6.45) is 2.80. The van der Waals surface area contributed by atoms with E-state index < -0.39 is 0 Å². The summed E-state index contributed by atoms with van der Waals surface area (Å²) in [7, 11) is 0. The van der Waals surface area contributed by atoms with Crippen molar-refractivity contribution in [2.75, 3.05) is 6.61 Å². The summed E-state index contributed by atoms with van der Waals surface area (Å²) < 4.78 is 5.69. The van der Waals surface area contributed by atoms with Crippen LogP contribution in [-0.2, 0) is 0 Å². The Balaban J connectivity index is 2.31. The summed E-state index contributed by atoms with van der Waals surface area (Å²) in [5.41, 5.74) is 6.74. The normalized spacial score (nSPS) is 10.5. The van der Waals surface area contributed by atoms with E-state index >= 15 is 0 Å². The lowest BCUT2D eigenvalue weighted by Crippen LogP contribution is -2.08. The Morgan fingerprint density at radius 3 is 2.76 bits per heavy atom. The van der Waals surface area contributed by atoms with Crippen molar-refractivity contribution < 1.29 is 4.74 Å². The Kier molecular flexibility index (Phi) is 5.98. The summed E-state index contributed by atoms with van der Waals surface area (Å²) >= 11 is 4.82. The highest BCUT2D eigenvalue weighted by atomic mass is 32.1. The van der Waals surface area contributed by atoms with Crippen LogP contribution < -0.4 is 10.5 Å². The van der Waals surface area contributed by atoms with Gasteiger partial charge in [0.05, 0.1) is 11.6 Å². The fraction of sp³-hybridized carbons (Fsp3) is 0.500. The van der Waals surface area contributed by atoms with Crippen LogP contribution in [0.15, 0.2) is 24.3 Å². The average Bonchev–Trinajstić information content (AvgIpc) is 2.28. The lowest BCUT2D eigenvalue weighted by Gasteiger charge is -2.09.